The monoisotopic (exact) mass is 445 g/mol. The van der Waals surface area contributed by atoms with Gasteiger partial charge in [-0.25, -0.2) is 4.79 Å². The van der Waals surface area contributed by atoms with Crippen molar-refractivity contribution in [3.8, 4) is 0 Å². The first-order chi connectivity index (χ1) is 15.1. The van der Waals surface area contributed by atoms with Crippen molar-refractivity contribution < 1.29 is 42.9 Å². The fourth-order valence-corrected chi connectivity index (χ4v) is 2.21. The molecule has 1 aromatic rings. The number of carbonyl (C=O) groups excluding carboxylic acids is 1. The van der Waals surface area contributed by atoms with Crippen molar-refractivity contribution in [3.05, 3.63) is 39.9 Å². The molecule has 0 amide bonds. The van der Waals surface area contributed by atoms with Crippen molar-refractivity contribution in [2.75, 3.05) is 80.3 Å². The maximum absolute atomic E-state index is 12.2. The van der Waals surface area contributed by atoms with Crippen LogP contribution < -0.4 is 0 Å². The third-order valence-corrected chi connectivity index (χ3v) is 3.83. The van der Waals surface area contributed by atoms with E-state index in [2.05, 4.69) is 0 Å². The molecule has 176 valence electrons. The summed E-state index contributed by atoms with van der Waals surface area (Å²) in [6, 6.07) is 5.17. The Kier molecular flexibility index (Phi) is 15.2. The molecular formula is C20H31NO10. The third-order valence-electron chi connectivity index (χ3n) is 3.83. The molecule has 31 heavy (non-hydrogen) atoms. The highest BCUT2D eigenvalue weighted by atomic mass is 16.6. The second kappa shape index (κ2) is 17.5. The molecule has 0 spiro atoms. The molecular weight excluding hydrogens is 414 g/mol. The number of esters is 1. The van der Waals surface area contributed by atoms with E-state index >= 15 is 0 Å². The minimum absolute atomic E-state index is 0.0432. The smallest absolute Gasteiger partial charge is 0.338 e. The zero-order valence-corrected chi connectivity index (χ0v) is 18.0. The standard InChI is InChI=1S/C20H31NO10/c1-25-7-9-27-11-12-29-15-19(30-14-13-28-10-8-26-2)16-31-20(22)17-3-5-18(6-4-17)21(23)24/h3-6,19H,7-16H2,1-2H3. The lowest BCUT2D eigenvalue weighted by atomic mass is 10.2. The van der Waals surface area contributed by atoms with E-state index in [-0.39, 0.29) is 31.1 Å². The van der Waals surface area contributed by atoms with Gasteiger partial charge in [0.05, 0.1) is 69.9 Å². The average Bonchev–Trinajstić information content (AvgIpc) is 2.78. The number of rotatable bonds is 19. The van der Waals surface area contributed by atoms with Crippen LogP contribution in [-0.4, -0.2) is 97.3 Å². The lowest BCUT2D eigenvalue weighted by molar-refractivity contribution is -0.384. The van der Waals surface area contributed by atoms with Gasteiger partial charge >= 0.3 is 5.97 Å². The Bertz CT molecular complexity index is 610. The molecule has 0 saturated carbocycles. The zero-order chi connectivity index (χ0) is 22.7. The Morgan fingerprint density at radius 3 is 1.97 bits per heavy atom. The summed E-state index contributed by atoms with van der Waals surface area (Å²) in [5, 5.41) is 10.7. The van der Waals surface area contributed by atoms with E-state index in [1.54, 1.807) is 14.2 Å². The lowest BCUT2D eigenvalue weighted by Crippen LogP contribution is -2.29. The number of methoxy groups -OCH3 is 2. The van der Waals surface area contributed by atoms with Crippen molar-refractivity contribution in [1.82, 2.24) is 0 Å². The summed E-state index contributed by atoms with van der Waals surface area (Å²) in [5.74, 6) is -0.609. The van der Waals surface area contributed by atoms with E-state index in [9.17, 15) is 14.9 Å². The molecule has 0 N–H and O–H groups in total. The highest BCUT2D eigenvalue weighted by Crippen LogP contribution is 2.13. The summed E-state index contributed by atoms with van der Waals surface area (Å²) in [4.78, 5) is 22.4. The van der Waals surface area contributed by atoms with Gasteiger partial charge in [-0.05, 0) is 12.1 Å². The highest BCUT2D eigenvalue weighted by Gasteiger charge is 2.16. The van der Waals surface area contributed by atoms with Crippen molar-refractivity contribution in [2.45, 2.75) is 6.10 Å². The first-order valence-corrected chi connectivity index (χ1v) is 9.82. The summed E-state index contributed by atoms with van der Waals surface area (Å²) in [6.45, 7) is 3.48. The van der Waals surface area contributed by atoms with Crippen LogP contribution in [0, 0.1) is 10.1 Å². The van der Waals surface area contributed by atoms with Gasteiger partial charge in [0.15, 0.2) is 0 Å². The van der Waals surface area contributed by atoms with Gasteiger partial charge in [-0.15, -0.1) is 0 Å². The van der Waals surface area contributed by atoms with E-state index in [0.717, 1.165) is 0 Å². The molecule has 1 unspecified atom stereocenters. The van der Waals surface area contributed by atoms with Crippen molar-refractivity contribution in [3.63, 3.8) is 0 Å². The molecule has 0 aliphatic heterocycles. The van der Waals surface area contributed by atoms with Crippen molar-refractivity contribution in [1.29, 1.82) is 0 Å². The van der Waals surface area contributed by atoms with Gasteiger partial charge < -0.3 is 33.2 Å². The van der Waals surface area contributed by atoms with Gasteiger partial charge in [0.25, 0.3) is 5.69 Å². The zero-order valence-electron chi connectivity index (χ0n) is 18.0. The number of nitro benzene ring substituents is 1. The number of carbonyl (C=O) groups is 1. The first-order valence-electron chi connectivity index (χ1n) is 9.82. The maximum Gasteiger partial charge on any atom is 0.338 e. The average molecular weight is 445 g/mol. The molecule has 0 heterocycles. The van der Waals surface area contributed by atoms with Crippen LogP contribution in [0.2, 0.25) is 0 Å². The summed E-state index contributed by atoms with van der Waals surface area (Å²) in [6.07, 6.45) is -0.507. The normalized spacial score (nSPS) is 11.9. The largest absolute Gasteiger partial charge is 0.459 e. The SMILES string of the molecule is COCCOCCOCC(COC(=O)c1ccc([N+](=O)[O-])cc1)OCCOCCOC. The molecule has 0 saturated heterocycles. The molecule has 1 atom stereocenters. The number of hydrogen-bond acceptors (Lipinski definition) is 10. The number of nitro groups is 1. The topological polar surface area (TPSA) is 125 Å². The van der Waals surface area contributed by atoms with Crippen LogP contribution in [-0.2, 0) is 33.2 Å². The molecule has 1 rings (SSSR count). The summed E-state index contributed by atoms with van der Waals surface area (Å²) >= 11 is 0. The molecule has 0 fully saturated rings. The quantitative estimate of drug-likeness (QED) is 0.134. The van der Waals surface area contributed by atoms with Crippen molar-refractivity contribution in [2.24, 2.45) is 0 Å². The number of non-ortho nitro benzene ring substituents is 1. The molecule has 0 radical (unpaired) electrons. The van der Waals surface area contributed by atoms with Crippen LogP contribution in [0.4, 0.5) is 5.69 Å². The number of ether oxygens (including phenoxy) is 7. The van der Waals surface area contributed by atoms with Crippen LogP contribution in [0.1, 0.15) is 10.4 Å². The van der Waals surface area contributed by atoms with Crippen molar-refractivity contribution >= 4 is 11.7 Å². The van der Waals surface area contributed by atoms with Crippen LogP contribution >= 0.6 is 0 Å². The van der Waals surface area contributed by atoms with Gasteiger partial charge in [-0.2, -0.15) is 0 Å². The molecule has 0 bridgehead atoms. The maximum atomic E-state index is 12.2. The minimum atomic E-state index is -0.609. The molecule has 0 aliphatic carbocycles. The summed E-state index contributed by atoms with van der Waals surface area (Å²) in [5.41, 5.74) is 0.104. The first kappa shape index (κ1) is 26.9. The van der Waals surface area contributed by atoms with E-state index in [1.165, 1.54) is 24.3 Å². The summed E-state index contributed by atoms with van der Waals surface area (Å²) < 4.78 is 36.9. The predicted molar refractivity (Wildman–Crippen MR) is 109 cm³/mol. The van der Waals surface area contributed by atoms with Crippen LogP contribution in [0.5, 0.6) is 0 Å². The third kappa shape index (κ3) is 13.0. The van der Waals surface area contributed by atoms with Gasteiger partial charge in [0.2, 0.25) is 0 Å². The van der Waals surface area contributed by atoms with E-state index < -0.39 is 17.0 Å². The van der Waals surface area contributed by atoms with Gasteiger partial charge in [0, 0.05) is 26.4 Å². The molecule has 11 nitrogen and oxygen atoms in total. The van der Waals surface area contributed by atoms with Crippen LogP contribution in [0.25, 0.3) is 0 Å². The van der Waals surface area contributed by atoms with Gasteiger partial charge in [0.1, 0.15) is 12.7 Å². The summed E-state index contributed by atoms with van der Waals surface area (Å²) in [7, 11) is 3.18. The van der Waals surface area contributed by atoms with E-state index in [4.69, 9.17) is 33.2 Å². The predicted octanol–water partition coefficient (Wildman–Crippen LogP) is 1.48. The lowest BCUT2D eigenvalue weighted by Gasteiger charge is -2.18. The minimum Gasteiger partial charge on any atom is -0.459 e. The fourth-order valence-electron chi connectivity index (χ4n) is 2.21. The molecule has 1 aromatic carbocycles. The Hall–Kier alpha value is -2.15. The van der Waals surface area contributed by atoms with Gasteiger partial charge in [-0.1, -0.05) is 0 Å². The van der Waals surface area contributed by atoms with Gasteiger partial charge in [-0.3, -0.25) is 10.1 Å². The second-order valence-corrected chi connectivity index (χ2v) is 6.18. The Morgan fingerprint density at radius 1 is 0.839 bits per heavy atom. The Labute approximate surface area is 181 Å². The van der Waals surface area contributed by atoms with E-state index in [0.29, 0.717) is 46.2 Å². The van der Waals surface area contributed by atoms with E-state index in [1.807, 2.05) is 0 Å². The fraction of sp³-hybridized carbons (Fsp3) is 0.650. The van der Waals surface area contributed by atoms with Crippen LogP contribution in [0.3, 0.4) is 0 Å². The second-order valence-electron chi connectivity index (χ2n) is 6.18. The molecule has 0 aromatic heterocycles. The Morgan fingerprint density at radius 2 is 1.39 bits per heavy atom. The van der Waals surface area contributed by atoms with Crippen LogP contribution in [0.15, 0.2) is 24.3 Å². The highest BCUT2D eigenvalue weighted by molar-refractivity contribution is 5.89. The number of nitrogens with zero attached hydrogens (tertiary/aromatic N) is 1. The Balaban J connectivity index is 2.41. The number of hydrogen-bond donors (Lipinski definition) is 0. The number of benzene rings is 1. The molecule has 0 aliphatic rings. The molecule has 11 heteroatoms.